The lowest BCUT2D eigenvalue weighted by Crippen LogP contribution is -1.95. The van der Waals surface area contributed by atoms with Gasteiger partial charge in [0.1, 0.15) is 17.5 Å². The van der Waals surface area contributed by atoms with Gasteiger partial charge in [-0.15, -0.1) is 0 Å². The van der Waals surface area contributed by atoms with Gasteiger partial charge in [0, 0.05) is 5.56 Å². The second kappa shape index (κ2) is 8.22. The SMILES string of the molecule is CCCCCc1ccc(-c2cc(F)c(-c3ccccc3F)c(F)c2)cc1. The largest absolute Gasteiger partial charge is 0.206 e. The topological polar surface area (TPSA) is 0 Å². The van der Waals surface area contributed by atoms with E-state index in [1.807, 2.05) is 24.3 Å². The van der Waals surface area contributed by atoms with E-state index in [2.05, 4.69) is 6.92 Å². The van der Waals surface area contributed by atoms with E-state index in [9.17, 15) is 13.2 Å². The number of halogens is 3. The van der Waals surface area contributed by atoms with Crippen LogP contribution in [0.1, 0.15) is 31.7 Å². The Hall–Kier alpha value is -2.55. The molecular weight excluding hydrogens is 333 g/mol. The Labute approximate surface area is 152 Å². The van der Waals surface area contributed by atoms with E-state index in [1.54, 1.807) is 6.07 Å². The number of benzene rings is 3. The van der Waals surface area contributed by atoms with Crippen LogP contribution in [0.5, 0.6) is 0 Å². The number of hydrogen-bond donors (Lipinski definition) is 0. The van der Waals surface area contributed by atoms with E-state index < -0.39 is 17.5 Å². The van der Waals surface area contributed by atoms with Gasteiger partial charge in [0.15, 0.2) is 0 Å². The van der Waals surface area contributed by atoms with Crippen LogP contribution in [0.2, 0.25) is 0 Å². The van der Waals surface area contributed by atoms with Gasteiger partial charge in [0.2, 0.25) is 0 Å². The van der Waals surface area contributed by atoms with Gasteiger partial charge in [-0.1, -0.05) is 62.2 Å². The zero-order chi connectivity index (χ0) is 18.5. The van der Waals surface area contributed by atoms with E-state index in [0.29, 0.717) is 5.56 Å². The van der Waals surface area contributed by atoms with Crippen LogP contribution in [0, 0.1) is 17.5 Å². The predicted molar refractivity (Wildman–Crippen MR) is 100 cm³/mol. The Balaban J connectivity index is 1.89. The highest BCUT2D eigenvalue weighted by molar-refractivity contribution is 5.72. The van der Waals surface area contributed by atoms with Crippen molar-refractivity contribution in [3.63, 3.8) is 0 Å². The van der Waals surface area contributed by atoms with Gasteiger partial charge >= 0.3 is 0 Å². The molecule has 0 aromatic heterocycles. The molecule has 0 N–H and O–H groups in total. The molecule has 0 bridgehead atoms. The fourth-order valence-electron chi connectivity index (χ4n) is 3.10. The van der Waals surface area contributed by atoms with Crippen molar-refractivity contribution in [1.29, 1.82) is 0 Å². The molecule has 0 aliphatic rings. The zero-order valence-corrected chi connectivity index (χ0v) is 14.7. The van der Waals surface area contributed by atoms with Crippen LogP contribution in [0.25, 0.3) is 22.3 Å². The van der Waals surface area contributed by atoms with Crippen molar-refractivity contribution in [2.45, 2.75) is 32.6 Å². The van der Waals surface area contributed by atoms with Crippen molar-refractivity contribution in [2.75, 3.05) is 0 Å². The van der Waals surface area contributed by atoms with Gasteiger partial charge in [0.05, 0.1) is 5.56 Å². The highest BCUT2D eigenvalue weighted by atomic mass is 19.1. The average Bonchev–Trinajstić information content (AvgIpc) is 2.63. The number of unbranched alkanes of at least 4 members (excludes halogenated alkanes) is 2. The first-order chi connectivity index (χ1) is 12.6. The molecule has 0 nitrogen and oxygen atoms in total. The number of aryl methyl sites for hydroxylation is 1. The van der Waals surface area contributed by atoms with Gasteiger partial charge in [-0.2, -0.15) is 0 Å². The van der Waals surface area contributed by atoms with Crippen LogP contribution in [0.4, 0.5) is 13.2 Å². The molecule has 0 saturated carbocycles. The third-order valence-corrected chi connectivity index (χ3v) is 4.54. The van der Waals surface area contributed by atoms with Crippen LogP contribution in [-0.2, 0) is 6.42 Å². The second-order valence-electron chi connectivity index (χ2n) is 6.45. The normalized spacial score (nSPS) is 10.9. The van der Waals surface area contributed by atoms with Crippen LogP contribution in [-0.4, -0.2) is 0 Å². The van der Waals surface area contributed by atoms with Crippen LogP contribution in [0.15, 0.2) is 60.7 Å². The molecule has 0 unspecified atom stereocenters. The summed E-state index contributed by atoms with van der Waals surface area (Å²) in [5.41, 5.74) is 2.00. The van der Waals surface area contributed by atoms with Crippen molar-refractivity contribution in [2.24, 2.45) is 0 Å². The quantitative estimate of drug-likeness (QED) is 0.412. The summed E-state index contributed by atoms with van der Waals surface area (Å²) >= 11 is 0. The maximum Gasteiger partial charge on any atom is 0.134 e. The molecule has 0 aliphatic carbocycles. The summed E-state index contributed by atoms with van der Waals surface area (Å²) in [6.45, 7) is 2.16. The third kappa shape index (κ3) is 3.98. The molecule has 0 saturated heterocycles. The summed E-state index contributed by atoms with van der Waals surface area (Å²) in [6, 6.07) is 15.9. The van der Waals surface area contributed by atoms with Crippen molar-refractivity contribution in [3.8, 4) is 22.3 Å². The molecule has 0 spiro atoms. The van der Waals surface area contributed by atoms with Crippen molar-refractivity contribution >= 4 is 0 Å². The molecule has 3 heteroatoms. The first kappa shape index (κ1) is 18.2. The monoisotopic (exact) mass is 354 g/mol. The molecule has 0 atom stereocenters. The van der Waals surface area contributed by atoms with Gasteiger partial charge in [-0.05, 0) is 47.7 Å². The molecule has 0 radical (unpaired) electrons. The summed E-state index contributed by atoms with van der Waals surface area (Å²) in [5, 5.41) is 0. The lowest BCUT2D eigenvalue weighted by molar-refractivity contribution is 0.582. The second-order valence-corrected chi connectivity index (χ2v) is 6.45. The Bertz CT molecular complexity index is 859. The first-order valence-corrected chi connectivity index (χ1v) is 8.93. The summed E-state index contributed by atoms with van der Waals surface area (Å²) in [6.07, 6.45) is 4.50. The molecule has 0 heterocycles. The fourth-order valence-corrected chi connectivity index (χ4v) is 3.10. The van der Waals surface area contributed by atoms with Crippen LogP contribution in [0.3, 0.4) is 0 Å². The van der Waals surface area contributed by atoms with Crippen LogP contribution < -0.4 is 0 Å². The van der Waals surface area contributed by atoms with Crippen molar-refractivity contribution < 1.29 is 13.2 Å². The predicted octanol–water partition coefficient (Wildman–Crippen LogP) is 7.17. The molecule has 3 aromatic carbocycles. The molecule has 0 amide bonds. The Morgan fingerprint density at radius 3 is 1.96 bits per heavy atom. The Kier molecular flexibility index (Phi) is 5.77. The number of hydrogen-bond acceptors (Lipinski definition) is 0. The lowest BCUT2D eigenvalue weighted by Gasteiger charge is -2.10. The standard InChI is InChI=1S/C23H21F3/c1-2-3-4-7-16-10-12-17(13-11-16)18-14-21(25)23(22(26)15-18)19-8-5-6-9-20(19)24/h5-6,8-15H,2-4,7H2,1H3. The molecule has 0 fully saturated rings. The minimum atomic E-state index is -0.767. The Morgan fingerprint density at radius 2 is 1.35 bits per heavy atom. The summed E-state index contributed by atoms with van der Waals surface area (Å²) in [5.74, 6) is -2.18. The Morgan fingerprint density at radius 1 is 0.692 bits per heavy atom. The summed E-state index contributed by atoms with van der Waals surface area (Å²) < 4.78 is 43.0. The molecule has 134 valence electrons. The van der Waals surface area contributed by atoms with Crippen molar-refractivity contribution in [1.82, 2.24) is 0 Å². The molecule has 26 heavy (non-hydrogen) atoms. The van der Waals surface area contributed by atoms with Gasteiger partial charge in [0.25, 0.3) is 0 Å². The average molecular weight is 354 g/mol. The highest BCUT2D eigenvalue weighted by Crippen LogP contribution is 2.32. The first-order valence-electron chi connectivity index (χ1n) is 8.93. The van der Waals surface area contributed by atoms with E-state index in [-0.39, 0.29) is 11.1 Å². The molecule has 0 aliphatic heterocycles. The fraction of sp³-hybridized carbons (Fsp3) is 0.217. The maximum absolute atomic E-state index is 14.5. The van der Waals surface area contributed by atoms with E-state index >= 15 is 0 Å². The van der Waals surface area contributed by atoms with E-state index in [0.717, 1.165) is 18.4 Å². The van der Waals surface area contributed by atoms with Gasteiger partial charge < -0.3 is 0 Å². The minimum absolute atomic E-state index is 0.0691. The molecule has 3 aromatic rings. The van der Waals surface area contributed by atoms with E-state index in [1.165, 1.54) is 48.7 Å². The highest BCUT2D eigenvalue weighted by Gasteiger charge is 2.17. The minimum Gasteiger partial charge on any atom is -0.206 e. The summed E-state index contributed by atoms with van der Waals surface area (Å²) in [4.78, 5) is 0. The lowest BCUT2D eigenvalue weighted by atomic mass is 9.97. The van der Waals surface area contributed by atoms with Crippen LogP contribution >= 0.6 is 0 Å². The smallest absolute Gasteiger partial charge is 0.134 e. The third-order valence-electron chi connectivity index (χ3n) is 4.54. The van der Waals surface area contributed by atoms with Gasteiger partial charge in [-0.3, -0.25) is 0 Å². The molecule has 3 rings (SSSR count). The van der Waals surface area contributed by atoms with Gasteiger partial charge in [-0.25, -0.2) is 13.2 Å². The zero-order valence-electron chi connectivity index (χ0n) is 14.7. The van der Waals surface area contributed by atoms with Crippen molar-refractivity contribution in [3.05, 3.63) is 83.7 Å². The molecular formula is C23H21F3. The maximum atomic E-state index is 14.5. The summed E-state index contributed by atoms with van der Waals surface area (Å²) in [7, 11) is 0. The van der Waals surface area contributed by atoms with E-state index in [4.69, 9.17) is 0 Å². The number of rotatable bonds is 6.